The summed E-state index contributed by atoms with van der Waals surface area (Å²) in [6.07, 6.45) is 0. The van der Waals surface area contributed by atoms with E-state index in [0.29, 0.717) is 10.6 Å². The van der Waals surface area contributed by atoms with Crippen LogP contribution in [0.2, 0.25) is 0 Å². The first-order valence-corrected chi connectivity index (χ1v) is 7.81. The Hall–Kier alpha value is -2.46. The zero-order chi connectivity index (χ0) is 15.4. The molecule has 3 aromatic rings. The van der Waals surface area contributed by atoms with Gasteiger partial charge in [-0.3, -0.25) is 4.79 Å². The van der Waals surface area contributed by atoms with Gasteiger partial charge in [0.25, 0.3) is 0 Å². The molecule has 3 rings (SSSR count). The summed E-state index contributed by atoms with van der Waals surface area (Å²) in [4.78, 5) is 12.6. The Morgan fingerprint density at radius 1 is 0.955 bits per heavy atom. The molecule has 22 heavy (non-hydrogen) atoms. The number of aromatic hydroxyl groups is 1. The van der Waals surface area contributed by atoms with Gasteiger partial charge in [0.1, 0.15) is 11.5 Å². The van der Waals surface area contributed by atoms with Crippen molar-refractivity contribution in [3.63, 3.8) is 0 Å². The maximum Gasteiger partial charge on any atom is 0.321 e. The van der Waals surface area contributed by atoms with E-state index in [9.17, 15) is 9.90 Å². The first kappa shape index (κ1) is 14.5. The Labute approximate surface area is 132 Å². The van der Waals surface area contributed by atoms with Crippen molar-refractivity contribution in [3.05, 3.63) is 66.7 Å². The van der Waals surface area contributed by atoms with Crippen LogP contribution in [0.4, 0.5) is 0 Å². The standard InChI is InChI=1S/C18H14O3S/c19-16-7-3-4-8-17(16)22-12-18(20)21-15-10-9-13-5-1-2-6-14(13)11-15/h1-11,19H,12H2. The van der Waals surface area contributed by atoms with Gasteiger partial charge in [-0.15, -0.1) is 11.8 Å². The molecule has 0 heterocycles. The van der Waals surface area contributed by atoms with Crippen LogP contribution in [-0.4, -0.2) is 16.8 Å². The molecule has 110 valence electrons. The molecule has 3 aromatic carbocycles. The van der Waals surface area contributed by atoms with E-state index in [2.05, 4.69) is 0 Å². The minimum atomic E-state index is -0.344. The van der Waals surface area contributed by atoms with Crippen LogP contribution in [0.1, 0.15) is 0 Å². The maximum atomic E-state index is 11.9. The van der Waals surface area contributed by atoms with Gasteiger partial charge in [-0.2, -0.15) is 0 Å². The number of carbonyl (C=O) groups is 1. The second-order valence-electron chi connectivity index (χ2n) is 4.74. The minimum Gasteiger partial charge on any atom is -0.507 e. The number of phenols is 1. The molecule has 0 aliphatic carbocycles. The lowest BCUT2D eigenvalue weighted by Gasteiger charge is -2.06. The van der Waals surface area contributed by atoms with Crippen LogP contribution in [0.3, 0.4) is 0 Å². The van der Waals surface area contributed by atoms with E-state index < -0.39 is 0 Å². The molecular weight excluding hydrogens is 296 g/mol. The minimum absolute atomic E-state index is 0.143. The summed E-state index contributed by atoms with van der Waals surface area (Å²) >= 11 is 1.25. The Kier molecular flexibility index (Phi) is 4.30. The molecule has 0 atom stereocenters. The fourth-order valence-electron chi connectivity index (χ4n) is 2.11. The molecule has 4 heteroatoms. The molecule has 0 aromatic heterocycles. The van der Waals surface area contributed by atoms with Crippen molar-refractivity contribution in [2.45, 2.75) is 4.90 Å². The van der Waals surface area contributed by atoms with Crippen molar-refractivity contribution in [1.29, 1.82) is 0 Å². The van der Waals surface area contributed by atoms with Gasteiger partial charge >= 0.3 is 5.97 Å². The topological polar surface area (TPSA) is 46.5 Å². The normalized spacial score (nSPS) is 10.5. The summed E-state index contributed by atoms with van der Waals surface area (Å²) in [7, 11) is 0. The zero-order valence-corrected chi connectivity index (χ0v) is 12.5. The lowest BCUT2D eigenvalue weighted by atomic mass is 10.1. The van der Waals surface area contributed by atoms with Crippen molar-refractivity contribution in [3.8, 4) is 11.5 Å². The predicted molar refractivity (Wildman–Crippen MR) is 88.4 cm³/mol. The average molecular weight is 310 g/mol. The third-order valence-corrected chi connectivity index (χ3v) is 4.20. The highest BCUT2D eigenvalue weighted by molar-refractivity contribution is 8.00. The van der Waals surface area contributed by atoms with E-state index in [0.717, 1.165) is 10.8 Å². The first-order chi connectivity index (χ1) is 10.7. The fourth-order valence-corrected chi connectivity index (χ4v) is 2.83. The van der Waals surface area contributed by atoms with Crippen molar-refractivity contribution in [1.82, 2.24) is 0 Å². The smallest absolute Gasteiger partial charge is 0.321 e. The summed E-state index contributed by atoms with van der Waals surface area (Å²) in [5, 5.41) is 11.8. The lowest BCUT2D eigenvalue weighted by molar-refractivity contribution is -0.131. The monoisotopic (exact) mass is 310 g/mol. The number of rotatable bonds is 4. The lowest BCUT2D eigenvalue weighted by Crippen LogP contribution is -2.10. The second-order valence-corrected chi connectivity index (χ2v) is 5.76. The highest BCUT2D eigenvalue weighted by atomic mass is 32.2. The molecule has 0 aliphatic rings. The number of benzene rings is 3. The van der Waals surface area contributed by atoms with Gasteiger partial charge in [-0.25, -0.2) is 0 Å². The quantitative estimate of drug-likeness (QED) is 0.445. The van der Waals surface area contributed by atoms with E-state index in [4.69, 9.17) is 4.74 Å². The Balaban J connectivity index is 1.64. The number of phenolic OH excluding ortho intramolecular Hbond substituents is 1. The van der Waals surface area contributed by atoms with Crippen molar-refractivity contribution in [2.75, 3.05) is 5.75 Å². The van der Waals surface area contributed by atoms with Gasteiger partial charge in [-0.1, -0.05) is 42.5 Å². The van der Waals surface area contributed by atoms with Gasteiger partial charge < -0.3 is 9.84 Å². The van der Waals surface area contributed by atoms with E-state index in [-0.39, 0.29) is 17.5 Å². The number of hydrogen-bond acceptors (Lipinski definition) is 4. The number of carbonyl (C=O) groups excluding carboxylic acids is 1. The van der Waals surface area contributed by atoms with Crippen molar-refractivity contribution >= 4 is 28.5 Å². The van der Waals surface area contributed by atoms with Crippen LogP contribution < -0.4 is 4.74 Å². The van der Waals surface area contributed by atoms with Gasteiger partial charge in [0.2, 0.25) is 0 Å². The highest BCUT2D eigenvalue weighted by Crippen LogP contribution is 2.28. The fraction of sp³-hybridized carbons (Fsp3) is 0.0556. The van der Waals surface area contributed by atoms with E-state index in [1.54, 1.807) is 24.3 Å². The largest absolute Gasteiger partial charge is 0.507 e. The molecule has 0 aliphatic heterocycles. The van der Waals surface area contributed by atoms with E-state index >= 15 is 0 Å². The van der Waals surface area contributed by atoms with E-state index in [1.807, 2.05) is 42.5 Å². The number of thioether (sulfide) groups is 1. The number of para-hydroxylation sites is 1. The van der Waals surface area contributed by atoms with Crippen LogP contribution in [0.5, 0.6) is 11.5 Å². The molecule has 0 spiro atoms. The maximum absolute atomic E-state index is 11.9. The summed E-state index contributed by atoms with van der Waals surface area (Å²) in [6, 6.07) is 20.4. The van der Waals surface area contributed by atoms with Crippen LogP contribution in [-0.2, 0) is 4.79 Å². The van der Waals surface area contributed by atoms with Gasteiger partial charge in [0.15, 0.2) is 0 Å². The molecule has 0 fully saturated rings. The van der Waals surface area contributed by atoms with Gasteiger partial charge in [0.05, 0.1) is 5.75 Å². The summed E-state index contributed by atoms with van der Waals surface area (Å²) < 4.78 is 5.34. The molecule has 0 radical (unpaired) electrons. The average Bonchev–Trinajstić information content (AvgIpc) is 2.54. The highest BCUT2D eigenvalue weighted by Gasteiger charge is 2.08. The van der Waals surface area contributed by atoms with Gasteiger partial charge in [-0.05, 0) is 35.0 Å². The van der Waals surface area contributed by atoms with Crippen LogP contribution in [0.25, 0.3) is 10.8 Å². The molecule has 0 saturated heterocycles. The molecule has 1 N–H and O–H groups in total. The Morgan fingerprint density at radius 3 is 2.50 bits per heavy atom. The first-order valence-electron chi connectivity index (χ1n) is 6.83. The van der Waals surface area contributed by atoms with Crippen LogP contribution in [0, 0.1) is 0 Å². The third kappa shape index (κ3) is 3.40. The van der Waals surface area contributed by atoms with Crippen molar-refractivity contribution in [2.24, 2.45) is 0 Å². The summed E-state index contributed by atoms with van der Waals surface area (Å²) in [5.74, 6) is 0.501. The zero-order valence-electron chi connectivity index (χ0n) is 11.7. The number of hydrogen-bond donors (Lipinski definition) is 1. The van der Waals surface area contributed by atoms with Crippen LogP contribution in [0.15, 0.2) is 71.6 Å². The molecule has 0 bridgehead atoms. The van der Waals surface area contributed by atoms with E-state index in [1.165, 1.54) is 11.8 Å². The third-order valence-electron chi connectivity index (χ3n) is 3.16. The number of esters is 1. The Morgan fingerprint density at radius 2 is 1.68 bits per heavy atom. The Bertz CT molecular complexity index is 814. The molecule has 0 saturated carbocycles. The summed E-state index contributed by atoms with van der Waals surface area (Å²) in [6.45, 7) is 0. The predicted octanol–water partition coefficient (Wildman–Crippen LogP) is 4.24. The number of ether oxygens (including phenoxy) is 1. The second kappa shape index (κ2) is 6.54. The molecule has 3 nitrogen and oxygen atoms in total. The van der Waals surface area contributed by atoms with Crippen LogP contribution >= 0.6 is 11.8 Å². The summed E-state index contributed by atoms with van der Waals surface area (Å²) in [5.41, 5.74) is 0. The van der Waals surface area contributed by atoms with Crippen molar-refractivity contribution < 1.29 is 14.6 Å². The molecular formula is C18H14O3S. The molecule has 0 unspecified atom stereocenters. The molecule has 0 amide bonds. The number of fused-ring (bicyclic) bond motifs is 1. The van der Waals surface area contributed by atoms with Gasteiger partial charge in [0, 0.05) is 4.90 Å². The SMILES string of the molecule is O=C(CSc1ccccc1O)Oc1ccc2ccccc2c1.